The first-order valence-electron chi connectivity index (χ1n) is 8.47. The molecule has 2 aromatic carbocycles. The first kappa shape index (κ1) is 18.1. The summed E-state index contributed by atoms with van der Waals surface area (Å²) in [5, 5.41) is 14.1. The molecule has 0 fully saturated rings. The maximum Gasteiger partial charge on any atom is 0.323 e. The van der Waals surface area contributed by atoms with Gasteiger partial charge in [0.2, 0.25) is 0 Å². The third-order valence-electron chi connectivity index (χ3n) is 4.05. The number of nitriles is 1. The molecule has 136 valence electrons. The summed E-state index contributed by atoms with van der Waals surface area (Å²) >= 11 is 0. The van der Waals surface area contributed by atoms with E-state index in [4.69, 9.17) is 5.26 Å². The number of rotatable bonds is 4. The van der Waals surface area contributed by atoms with Crippen molar-refractivity contribution in [2.24, 2.45) is 5.92 Å². The van der Waals surface area contributed by atoms with E-state index in [0.717, 1.165) is 0 Å². The van der Waals surface area contributed by atoms with Gasteiger partial charge in [-0.25, -0.2) is 4.79 Å². The monoisotopic (exact) mass is 362 g/mol. The highest BCUT2D eigenvalue weighted by molar-refractivity contribution is 6.22. The van der Waals surface area contributed by atoms with Crippen molar-refractivity contribution in [1.82, 2.24) is 4.90 Å². The number of imide groups is 1. The summed E-state index contributed by atoms with van der Waals surface area (Å²) in [5.74, 6) is -0.486. The van der Waals surface area contributed by atoms with Crippen molar-refractivity contribution in [1.29, 1.82) is 5.26 Å². The maximum atomic E-state index is 12.5. The van der Waals surface area contributed by atoms with E-state index in [1.807, 2.05) is 19.9 Å². The van der Waals surface area contributed by atoms with Crippen LogP contribution in [0.2, 0.25) is 0 Å². The Kier molecular flexibility index (Phi) is 4.90. The van der Waals surface area contributed by atoms with Crippen molar-refractivity contribution in [3.63, 3.8) is 0 Å². The molecule has 0 radical (unpaired) electrons. The Labute approximate surface area is 156 Å². The molecule has 4 amide bonds. The minimum atomic E-state index is -0.490. The fourth-order valence-corrected chi connectivity index (χ4v) is 2.82. The summed E-state index contributed by atoms with van der Waals surface area (Å²) in [7, 11) is 0. The van der Waals surface area contributed by atoms with Crippen LogP contribution >= 0.6 is 0 Å². The zero-order valence-corrected chi connectivity index (χ0v) is 14.9. The van der Waals surface area contributed by atoms with Gasteiger partial charge in [-0.15, -0.1) is 0 Å². The third-order valence-corrected chi connectivity index (χ3v) is 4.05. The molecule has 0 spiro atoms. The van der Waals surface area contributed by atoms with E-state index in [9.17, 15) is 14.4 Å². The van der Waals surface area contributed by atoms with Crippen LogP contribution < -0.4 is 10.6 Å². The van der Waals surface area contributed by atoms with Gasteiger partial charge in [0, 0.05) is 17.9 Å². The SMILES string of the molecule is CC(C)CN1C(=O)c2ccc(NC(=O)Nc3ccc(C#N)cc3)cc2C1=O. The number of benzene rings is 2. The van der Waals surface area contributed by atoms with E-state index < -0.39 is 6.03 Å². The number of nitrogens with zero attached hydrogens (tertiary/aromatic N) is 2. The van der Waals surface area contributed by atoms with Crippen molar-refractivity contribution in [2.75, 3.05) is 17.2 Å². The zero-order chi connectivity index (χ0) is 19.6. The maximum absolute atomic E-state index is 12.5. The normalized spacial score (nSPS) is 12.7. The van der Waals surface area contributed by atoms with E-state index in [-0.39, 0.29) is 23.3 Å². The van der Waals surface area contributed by atoms with Crippen molar-refractivity contribution in [3.8, 4) is 6.07 Å². The molecule has 2 aromatic rings. The lowest BCUT2D eigenvalue weighted by molar-refractivity contribution is 0.0636. The molecule has 7 heteroatoms. The summed E-state index contributed by atoms with van der Waals surface area (Å²) in [5.41, 5.74) is 2.07. The van der Waals surface area contributed by atoms with E-state index in [1.165, 1.54) is 11.0 Å². The lowest BCUT2D eigenvalue weighted by atomic mass is 10.1. The van der Waals surface area contributed by atoms with Gasteiger partial charge in [0.15, 0.2) is 0 Å². The van der Waals surface area contributed by atoms with Crippen molar-refractivity contribution < 1.29 is 14.4 Å². The Morgan fingerprint density at radius 1 is 1.00 bits per heavy atom. The number of fused-ring (bicyclic) bond motifs is 1. The predicted molar refractivity (Wildman–Crippen MR) is 100 cm³/mol. The molecule has 0 atom stereocenters. The van der Waals surface area contributed by atoms with E-state index in [1.54, 1.807) is 36.4 Å². The molecular formula is C20H18N4O3. The van der Waals surface area contributed by atoms with Gasteiger partial charge >= 0.3 is 6.03 Å². The second kappa shape index (κ2) is 7.30. The zero-order valence-electron chi connectivity index (χ0n) is 14.9. The van der Waals surface area contributed by atoms with Gasteiger partial charge in [0.25, 0.3) is 11.8 Å². The van der Waals surface area contributed by atoms with Crippen LogP contribution in [0.1, 0.15) is 40.1 Å². The number of hydrogen-bond donors (Lipinski definition) is 2. The number of hydrogen-bond acceptors (Lipinski definition) is 4. The topological polar surface area (TPSA) is 102 Å². The highest BCUT2D eigenvalue weighted by Crippen LogP contribution is 2.26. The van der Waals surface area contributed by atoms with Gasteiger partial charge in [0.05, 0.1) is 22.8 Å². The lowest BCUT2D eigenvalue weighted by Gasteiger charge is -2.15. The Hall–Kier alpha value is -3.66. The Balaban J connectivity index is 1.72. The Morgan fingerprint density at radius 3 is 2.22 bits per heavy atom. The van der Waals surface area contributed by atoms with Crippen molar-refractivity contribution in [3.05, 3.63) is 59.2 Å². The standard InChI is InChI=1S/C20H18N4O3/c1-12(2)11-24-18(25)16-8-7-15(9-17(16)19(24)26)23-20(27)22-14-5-3-13(10-21)4-6-14/h3-9,12H,11H2,1-2H3,(H2,22,23,27). The molecule has 0 unspecified atom stereocenters. The molecule has 27 heavy (non-hydrogen) atoms. The third kappa shape index (κ3) is 3.80. The van der Waals surface area contributed by atoms with Gasteiger partial charge in [-0.1, -0.05) is 13.8 Å². The number of amides is 4. The first-order valence-corrected chi connectivity index (χ1v) is 8.47. The molecule has 7 nitrogen and oxygen atoms in total. The quantitative estimate of drug-likeness (QED) is 0.813. The van der Waals surface area contributed by atoms with Crippen LogP contribution in [-0.4, -0.2) is 29.3 Å². The summed E-state index contributed by atoms with van der Waals surface area (Å²) in [6.45, 7) is 4.22. The van der Waals surface area contributed by atoms with Gasteiger partial charge in [0.1, 0.15) is 0 Å². The average Bonchev–Trinajstić information content (AvgIpc) is 2.86. The molecule has 0 saturated carbocycles. The van der Waals surface area contributed by atoms with Gasteiger partial charge < -0.3 is 10.6 Å². The number of nitrogens with one attached hydrogen (secondary N) is 2. The summed E-state index contributed by atoms with van der Waals surface area (Å²) in [6.07, 6.45) is 0. The van der Waals surface area contributed by atoms with E-state index >= 15 is 0 Å². The molecule has 0 aromatic heterocycles. The fraction of sp³-hybridized carbons (Fsp3) is 0.200. The molecule has 1 heterocycles. The van der Waals surface area contributed by atoms with Crippen LogP contribution in [0.25, 0.3) is 0 Å². The first-order chi connectivity index (χ1) is 12.9. The Bertz CT molecular complexity index is 958. The largest absolute Gasteiger partial charge is 0.323 e. The molecular weight excluding hydrogens is 344 g/mol. The molecule has 0 bridgehead atoms. The predicted octanol–water partition coefficient (Wildman–Crippen LogP) is 3.45. The highest BCUT2D eigenvalue weighted by Gasteiger charge is 2.35. The van der Waals surface area contributed by atoms with Crippen LogP contribution in [0, 0.1) is 17.2 Å². The second-order valence-electron chi connectivity index (χ2n) is 6.64. The molecule has 1 aliphatic rings. The van der Waals surface area contributed by atoms with E-state index in [0.29, 0.717) is 29.0 Å². The Morgan fingerprint density at radius 2 is 1.59 bits per heavy atom. The van der Waals surface area contributed by atoms with Crippen LogP contribution in [0.3, 0.4) is 0 Å². The van der Waals surface area contributed by atoms with Crippen LogP contribution in [0.15, 0.2) is 42.5 Å². The molecule has 0 aliphatic carbocycles. The fourth-order valence-electron chi connectivity index (χ4n) is 2.82. The van der Waals surface area contributed by atoms with Crippen molar-refractivity contribution >= 4 is 29.2 Å². The number of carbonyl (C=O) groups is 3. The lowest BCUT2D eigenvalue weighted by Crippen LogP contribution is -2.33. The number of urea groups is 1. The molecule has 2 N–H and O–H groups in total. The van der Waals surface area contributed by atoms with Crippen LogP contribution in [0.4, 0.5) is 16.2 Å². The smallest absolute Gasteiger partial charge is 0.308 e. The average molecular weight is 362 g/mol. The summed E-state index contributed by atoms with van der Waals surface area (Å²) in [6, 6.07) is 12.6. The minimum Gasteiger partial charge on any atom is -0.308 e. The minimum absolute atomic E-state index is 0.169. The van der Waals surface area contributed by atoms with Crippen molar-refractivity contribution in [2.45, 2.75) is 13.8 Å². The summed E-state index contributed by atoms with van der Waals surface area (Å²) in [4.78, 5) is 38.2. The molecule has 1 aliphatic heterocycles. The van der Waals surface area contributed by atoms with Crippen LogP contribution in [-0.2, 0) is 0 Å². The second-order valence-corrected chi connectivity index (χ2v) is 6.64. The van der Waals surface area contributed by atoms with Gasteiger partial charge in [-0.3, -0.25) is 14.5 Å². The number of carbonyl (C=O) groups excluding carboxylic acids is 3. The summed E-state index contributed by atoms with van der Waals surface area (Å²) < 4.78 is 0. The molecule has 3 rings (SSSR count). The van der Waals surface area contributed by atoms with Gasteiger partial charge in [-0.05, 0) is 48.4 Å². The molecule has 0 saturated heterocycles. The van der Waals surface area contributed by atoms with Gasteiger partial charge in [-0.2, -0.15) is 5.26 Å². The highest BCUT2D eigenvalue weighted by atomic mass is 16.2. The van der Waals surface area contributed by atoms with Crippen LogP contribution in [0.5, 0.6) is 0 Å². The van der Waals surface area contributed by atoms with E-state index in [2.05, 4.69) is 10.6 Å². The number of anilines is 2.